The molecule has 0 saturated carbocycles. The van der Waals surface area contributed by atoms with Crippen LogP contribution in [-0.2, 0) is 9.59 Å². The van der Waals surface area contributed by atoms with Crippen LogP contribution in [0.5, 0.6) is 0 Å². The molecule has 0 unspecified atom stereocenters. The van der Waals surface area contributed by atoms with Crippen LogP contribution in [0.2, 0.25) is 0 Å². The van der Waals surface area contributed by atoms with E-state index in [-0.39, 0.29) is 18.7 Å². The van der Waals surface area contributed by atoms with Crippen molar-refractivity contribution in [2.45, 2.75) is 12.8 Å². The van der Waals surface area contributed by atoms with Crippen molar-refractivity contribution in [1.82, 2.24) is 4.98 Å². The fourth-order valence-corrected chi connectivity index (χ4v) is 2.66. The molecular formula is C11H10ClN2O3S-. The highest BCUT2D eigenvalue weighted by Gasteiger charge is 2.32. The number of halogens is 1. The number of carbonyl (C=O) groups excluding carboxylic acids is 2. The molecule has 0 aromatic carbocycles. The summed E-state index contributed by atoms with van der Waals surface area (Å²) in [4.78, 5) is 26.9. The zero-order chi connectivity index (χ0) is 13.1. The Morgan fingerprint density at radius 3 is 2.89 bits per heavy atom. The van der Waals surface area contributed by atoms with Crippen molar-refractivity contribution in [2.75, 3.05) is 5.32 Å². The summed E-state index contributed by atoms with van der Waals surface area (Å²) in [6, 6.07) is 0. The molecule has 1 aliphatic rings. The summed E-state index contributed by atoms with van der Waals surface area (Å²) in [7, 11) is 0. The fraction of sp³-hybridized carbons (Fsp3) is 0.364. The minimum Gasteiger partial charge on any atom is -0.550 e. The largest absolute Gasteiger partial charge is 0.550 e. The van der Waals surface area contributed by atoms with Crippen LogP contribution < -0.4 is 10.4 Å². The Bertz CT molecular complexity index is 486. The van der Waals surface area contributed by atoms with E-state index in [0.29, 0.717) is 10.2 Å². The third-order valence-electron chi connectivity index (χ3n) is 2.80. The van der Waals surface area contributed by atoms with E-state index in [1.54, 1.807) is 17.7 Å². The van der Waals surface area contributed by atoms with Gasteiger partial charge < -0.3 is 15.2 Å². The van der Waals surface area contributed by atoms with Crippen molar-refractivity contribution in [2.24, 2.45) is 11.8 Å². The molecule has 1 amide bonds. The number of hydrogen-bond donors (Lipinski definition) is 1. The van der Waals surface area contributed by atoms with Gasteiger partial charge in [-0.3, -0.25) is 4.79 Å². The highest BCUT2D eigenvalue weighted by atomic mass is 35.5. The number of amides is 1. The molecule has 1 heterocycles. The number of nitrogens with zero attached hydrogens (tertiary/aromatic N) is 1. The Labute approximate surface area is 112 Å². The van der Waals surface area contributed by atoms with Crippen molar-refractivity contribution in [3.8, 4) is 0 Å². The number of thiazole rings is 1. The van der Waals surface area contributed by atoms with Gasteiger partial charge in [-0.25, -0.2) is 4.98 Å². The molecule has 18 heavy (non-hydrogen) atoms. The van der Waals surface area contributed by atoms with E-state index in [2.05, 4.69) is 10.3 Å². The van der Waals surface area contributed by atoms with Gasteiger partial charge in [0, 0.05) is 28.5 Å². The number of carboxylic acid groups (broad SMARTS) is 1. The number of carbonyl (C=O) groups is 2. The first kappa shape index (κ1) is 13.0. The highest BCUT2D eigenvalue weighted by molar-refractivity contribution is 7.13. The average Bonchev–Trinajstić information content (AvgIpc) is 2.81. The highest BCUT2D eigenvalue weighted by Crippen LogP contribution is 2.32. The van der Waals surface area contributed by atoms with Crippen LogP contribution in [0, 0.1) is 11.8 Å². The molecule has 0 aliphatic heterocycles. The third kappa shape index (κ3) is 2.88. The first-order valence-electron chi connectivity index (χ1n) is 5.33. The predicted octanol–water partition coefficient (Wildman–Crippen LogP) is 0.980. The van der Waals surface area contributed by atoms with Crippen LogP contribution in [0.25, 0.3) is 0 Å². The van der Waals surface area contributed by atoms with E-state index in [1.165, 1.54) is 11.3 Å². The molecule has 0 spiro atoms. The van der Waals surface area contributed by atoms with Gasteiger partial charge >= 0.3 is 0 Å². The first-order valence-corrected chi connectivity index (χ1v) is 6.59. The van der Waals surface area contributed by atoms with E-state index in [9.17, 15) is 14.7 Å². The number of rotatable bonds is 3. The summed E-state index contributed by atoms with van der Waals surface area (Å²) < 4.78 is 0. The number of aliphatic carboxylic acids is 1. The summed E-state index contributed by atoms with van der Waals surface area (Å²) in [5.74, 6) is -3.16. The van der Waals surface area contributed by atoms with Gasteiger partial charge in [-0.1, -0.05) is 17.7 Å². The molecule has 1 aromatic rings. The standard InChI is InChI=1S/C11H11ClN2O3S/c12-6-1-2-7(10(16)17)8(5-6)9(15)14-11-13-3-4-18-11/h1,3-4,7-8H,2,5H2,(H,16,17)(H,13,14,15)/p-1/t7-,8+/m0/s1. The van der Waals surface area contributed by atoms with Gasteiger partial charge in [-0.05, 0) is 12.8 Å². The summed E-state index contributed by atoms with van der Waals surface area (Å²) >= 11 is 7.13. The van der Waals surface area contributed by atoms with Crippen LogP contribution in [0.15, 0.2) is 22.7 Å². The number of hydrogen-bond acceptors (Lipinski definition) is 5. The molecule has 5 nitrogen and oxygen atoms in total. The second-order valence-corrected chi connectivity index (χ2v) is 5.33. The van der Waals surface area contributed by atoms with Crippen LogP contribution in [0.4, 0.5) is 5.13 Å². The Balaban J connectivity index is 2.11. The fourth-order valence-electron chi connectivity index (χ4n) is 1.87. The first-order chi connectivity index (χ1) is 8.58. The lowest BCUT2D eigenvalue weighted by atomic mass is 9.82. The average molecular weight is 286 g/mol. The van der Waals surface area contributed by atoms with Gasteiger partial charge in [0.05, 0.1) is 5.92 Å². The van der Waals surface area contributed by atoms with Crippen molar-refractivity contribution >= 4 is 39.9 Å². The Morgan fingerprint density at radius 1 is 1.50 bits per heavy atom. The molecular weight excluding hydrogens is 276 g/mol. The molecule has 2 rings (SSSR count). The van der Waals surface area contributed by atoms with E-state index < -0.39 is 17.8 Å². The Kier molecular flexibility index (Phi) is 3.98. The number of anilines is 1. The lowest BCUT2D eigenvalue weighted by molar-refractivity contribution is -0.313. The zero-order valence-electron chi connectivity index (χ0n) is 9.26. The van der Waals surface area contributed by atoms with Gasteiger partial charge in [-0.15, -0.1) is 11.3 Å². The molecule has 1 aliphatic carbocycles. The van der Waals surface area contributed by atoms with E-state index in [0.717, 1.165) is 0 Å². The van der Waals surface area contributed by atoms with Crippen molar-refractivity contribution in [3.05, 3.63) is 22.7 Å². The molecule has 1 aromatic heterocycles. The second-order valence-electron chi connectivity index (χ2n) is 3.95. The van der Waals surface area contributed by atoms with Gasteiger partial charge in [0.1, 0.15) is 0 Å². The molecule has 1 N–H and O–H groups in total. The number of allylic oxidation sites excluding steroid dienone is 2. The molecule has 0 fully saturated rings. The molecule has 7 heteroatoms. The smallest absolute Gasteiger partial charge is 0.230 e. The van der Waals surface area contributed by atoms with Gasteiger partial charge in [0.2, 0.25) is 5.91 Å². The topological polar surface area (TPSA) is 82.1 Å². The van der Waals surface area contributed by atoms with Crippen LogP contribution >= 0.6 is 22.9 Å². The molecule has 0 saturated heterocycles. The normalized spacial score (nSPS) is 23.3. The van der Waals surface area contributed by atoms with Gasteiger partial charge in [-0.2, -0.15) is 0 Å². The molecule has 0 bridgehead atoms. The minimum atomic E-state index is -1.23. The van der Waals surface area contributed by atoms with Crippen molar-refractivity contribution in [3.63, 3.8) is 0 Å². The van der Waals surface area contributed by atoms with Crippen LogP contribution in [0.3, 0.4) is 0 Å². The van der Waals surface area contributed by atoms with E-state index in [1.807, 2.05) is 0 Å². The quantitative estimate of drug-likeness (QED) is 0.897. The number of aromatic nitrogens is 1. The summed E-state index contributed by atoms with van der Waals surface area (Å²) in [6.07, 6.45) is 3.62. The molecule has 96 valence electrons. The lowest BCUT2D eigenvalue weighted by Gasteiger charge is -2.29. The lowest BCUT2D eigenvalue weighted by Crippen LogP contribution is -2.42. The second kappa shape index (κ2) is 5.49. The third-order valence-corrected chi connectivity index (χ3v) is 3.79. The number of carboxylic acids is 1. The van der Waals surface area contributed by atoms with E-state index >= 15 is 0 Å². The maximum atomic E-state index is 12.0. The van der Waals surface area contributed by atoms with Gasteiger partial charge in [0.25, 0.3) is 0 Å². The minimum absolute atomic E-state index is 0.219. The van der Waals surface area contributed by atoms with E-state index in [4.69, 9.17) is 11.6 Å². The molecule has 2 atom stereocenters. The van der Waals surface area contributed by atoms with Crippen LogP contribution in [0.1, 0.15) is 12.8 Å². The van der Waals surface area contributed by atoms with Crippen molar-refractivity contribution in [1.29, 1.82) is 0 Å². The zero-order valence-corrected chi connectivity index (χ0v) is 10.8. The summed E-state index contributed by atoms with van der Waals surface area (Å²) in [6.45, 7) is 0. The van der Waals surface area contributed by atoms with Crippen LogP contribution in [-0.4, -0.2) is 16.9 Å². The van der Waals surface area contributed by atoms with Crippen molar-refractivity contribution < 1.29 is 14.7 Å². The number of nitrogens with one attached hydrogen (secondary N) is 1. The Morgan fingerprint density at radius 2 is 2.28 bits per heavy atom. The van der Waals surface area contributed by atoms with Gasteiger partial charge in [0.15, 0.2) is 5.13 Å². The predicted molar refractivity (Wildman–Crippen MR) is 65.9 cm³/mol. The maximum absolute atomic E-state index is 12.0. The Hall–Kier alpha value is -1.40. The monoisotopic (exact) mass is 285 g/mol. The molecule has 0 radical (unpaired) electrons. The SMILES string of the molecule is O=C([O-])[C@H]1CC=C(Cl)C[C@H]1C(=O)Nc1nccs1. The summed E-state index contributed by atoms with van der Waals surface area (Å²) in [5.41, 5.74) is 0. The summed E-state index contributed by atoms with van der Waals surface area (Å²) in [5, 5.41) is 16.3. The maximum Gasteiger partial charge on any atom is 0.230 e.